The molecule has 2 aromatic carbocycles. The number of carbonyl (C=O) groups is 9. The van der Waals surface area contributed by atoms with Crippen LogP contribution in [-0.2, 0) is 78.6 Å². The van der Waals surface area contributed by atoms with Crippen molar-refractivity contribution in [3.63, 3.8) is 0 Å². The van der Waals surface area contributed by atoms with Gasteiger partial charge in [-0.05, 0) is 60.9 Å². The summed E-state index contributed by atoms with van der Waals surface area (Å²) in [6, 6.07) is 8.95. The van der Waals surface area contributed by atoms with Crippen molar-refractivity contribution in [1.82, 2.24) is 46.4 Å². The van der Waals surface area contributed by atoms with Crippen molar-refractivity contribution >= 4 is 64.1 Å². The van der Waals surface area contributed by atoms with Crippen LogP contribution in [0.15, 0.2) is 47.3 Å². The number of ether oxygens (including phenoxy) is 2. The first-order valence-corrected chi connectivity index (χ1v) is 24.1. The Morgan fingerprint density at radius 2 is 1.62 bits per heavy atom. The number of aliphatic hydroxyl groups is 1. The monoisotopic (exact) mass is 1020 g/mol. The first kappa shape index (κ1) is 52.4. The van der Waals surface area contributed by atoms with Gasteiger partial charge in [0.2, 0.25) is 47.3 Å². The van der Waals surface area contributed by atoms with Crippen LogP contribution in [0.25, 0.3) is 22.3 Å². The molecule has 24 heteroatoms. The molecule has 4 aliphatic rings. The molecular weight excluding hydrogens is 968 g/mol. The number of halogens is 1. The number of aliphatic hydroxyl groups excluding tert-OH is 1. The first-order valence-electron chi connectivity index (χ1n) is 24.1. The minimum atomic E-state index is -1.67. The van der Waals surface area contributed by atoms with Gasteiger partial charge in [-0.25, -0.2) is 14.2 Å². The number of hydrogen-bond acceptors (Lipinski definition) is 15. The average Bonchev–Trinajstić information content (AvgIpc) is 3.87. The zero-order valence-electron chi connectivity index (χ0n) is 40.3. The third-order valence-electron chi connectivity index (χ3n) is 13.4. The van der Waals surface area contributed by atoms with E-state index in [9.17, 15) is 53.1 Å². The second-order valence-electron chi connectivity index (χ2n) is 18.4. The van der Waals surface area contributed by atoms with Gasteiger partial charge in [0, 0.05) is 42.0 Å². The quantitative estimate of drug-likeness (QED) is 0.0187. The topological polar surface area (TPSA) is 329 Å². The highest BCUT2D eigenvalue weighted by molar-refractivity contribution is 6.05. The third kappa shape index (κ3) is 11.6. The molecule has 4 aromatic rings. The molecule has 8 rings (SSSR count). The van der Waals surface area contributed by atoms with E-state index in [2.05, 4.69) is 31.9 Å². The van der Waals surface area contributed by atoms with E-state index >= 15 is 4.39 Å². The van der Waals surface area contributed by atoms with Crippen molar-refractivity contribution in [2.24, 2.45) is 5.73 Å². The second-order valence-corrected chi connectivity index (χ2v) is 18.4. The number of likely N-dealkylation sites (tertiary alicyclic amines) is 1. The van der Waals surface area contributed by atoms with Gasteiger partial charge < -0.3 is 56.8 Å². The summed E-state index contributed by atoms with van der Waals surface area (Å²) >= 11 is 0. The Bertz CT molecular complexity index is 3020. The number of nitrogens with one attached hydrogen (secondary N) is 6. The third-order valence-corrected chi connectivity index (χ3v) is 13.4. The van der Waals surface area contributed by atoms with Crippen LogP contribution in [0.3, 0.4) is 0 Å². The Morgan fingerprint density at radius 3 is 2.38 bits per heavy atom. The molecule has 5 heterocycles. The van der Waals surface area contributed by atoms with E-state index in [0.717, 1.165) is 10.5 Å². The predicted octanol–water partition coefficient (Wildman–Crippen LogP) is -1.12. The van der Waals surface area contributed by atoms with Gasteiger partial charge in [0.1, 0.15) is 31.8 Å². The fraction of sp³-hybridized carbons (Fsp3) is 0.420. The maximum absolute atomic E-state index is 15.3. The van der Waals surface area contributed by atoms with Gasteiger partial charge in [0.05, 0.1) is 67.2 Å². The predicted molar refractivity (Wildman–Crippen MR) is 257 cm³/mol. The first-order chi connectivity index (χ1) is 35.5. The van der Waals surface area contributed by atoms with Crippen molar-refractivity contribution < 1.29 is 62.1 Å². The number of carbonyl (C=O) groups excluding carboxylic acids is 9. The van der Waals surface area contributed by atoms with Crippen LogP contribution in [0.4, 0.5) is 4.39 Å². The Kier molecular flexibility index (Phi) is 16.2. The fourth-order valence-corrected chi connectivity index (χ4v) is 9.60. The second kappa shape index (κ2) is 22.9. The number of benzene rings is 2. The molecule has 3 aliphatic heterocycles. The van der Waals surface area contributed by atoms with E-state index in [-0.39, 0.29) is 56.0 Å². The molecule has 0 radical (unpaired) electrons. The summed E-state index contributed by atoms with van der Waals surface area (Å²) in [5, 5.41) is 26.5. The highest BCUT2D eigenvalue weighted by Crippen LogP contribution is 2.45. The van der Waals surface area contributed by atoms with Gasteiger partial charge in [-0.3, -0.25) is 48.1 Å². The van der Waals surface area contributed by atoms with E-state index in [1.807, 2.05) is 0 Å². The summed E-state index contributed by atoms with van der Waals surface area (Å²) in [5.74, 6) is -5.82. The normalized spacial score (nSPS) is 17.6. The number of fused-ring (bicyclic) bond motifs is 5. The van der Waals surface area contributed by atoms with Crippen molar-refractivity contribution in [2.45, 2.75) is 95.7 Å². The molecule has 9 N–H and O–H groups in total. The number of pyridine rings is 2. The maximum atomic E-state index is 15.3. The van der Waals surface area contributed by atoms with E-state index in [0.29, 0.717) is 76.6 Å². The Labute approximate surface area is 421 Å². The number of amides is 8. The summed E-state index contributed by atoms with van der Waals surface area (Å²) < 4.78 is 27.2. The molecule has 74 heavy (non-hydrogen) atoms. The largest absolute Gasteiger partial charge is 0.458 e. The summed E-state index contributed by atoms with van der Waals surface area (Å²) in [7, 11) is 0. The minimum absolute atomic E-state index is 0.0147. The Hall–Kier alpha value is -7.96. The Balaban J connectivity index is 0.787. The standard InChI is InChI=1S/C50H55FN10O13/c1-25-27-11-12-33(44-29-21-61-36(45(29)59-34(43(27)44)16-31(25)51)15-28-30(48(61)70)22-74-50(72)46(28)68)57-41(66)23-73-24-56-39(64)19-55-47(69)35(14-26-8-4-2-5-9-26)58-40(65)20-54-38(63)18-53-37(62)10-6-3-7-13-60-42(67)17-32(52)49(60)71/h2,4-5,8-9,15-16,32-33,35,46,68H,3,6-7,10-14,17-24,52H2,1H3,(H,53,62)(H,54,63)(H,55,69)(H,56,64)(H,57,66)(H,58,65)/t32?,33-,35-,46-/m0/s1. The van der Waals surface area contributed by atoms with Crippen molar-refractivity contribution in [1.29, 1.82) is 0 Å². The number of rotatable bonds is 21. The van der Waals surface area contributed by atoms with E-state index in [1.165, 1.54) is 16.7 Å². The van der Waals surface area contributed by atoms with E-state index in [4.69, 9.17) is 20.2 Å². The molecule has 8 amide bonds. The summed E-state index contributed by atoms with van der Waals surface area (Å²) in [6.45, 7) is -0.751. The molecule has 4 atom stereocenters. The number of nitrogens with two attached hydrogens (primary N) is 1. The Morgan fingerprint density at radius 1 is 0.892 bits per heavy atom. The number of hydrogen-bond donors (Lipinski definition) is 8. The zero-order valence-corrected chi connectivity index (χ0v) is 40.3. The fourth-order valence-electron chi connectivity index (χ4n) is 9.60. The van der Waals surface area contributed by atoms with Gasteiger partial charge in [0.25, 0.3) is 5.56 Å². The number of cyclic esters (lactones) is 1. The molecule has 0 spiro atoms. The highest BCUT2D eigenvalue weighted by atomic mass is 19.1. The lowest BCUT2D eigenvalue weighted by Gasteiger charge is -2.29. The van der Waals surface area contributed by atoms with Crippen LogP contribution in [-0.4, -0.2) is 124 Å². The van der Waals surface area contributed by atoms with E-state index in [1.54, 1.807) is 37.3 Å². The molecule has 1 fully saturated rings. The van der Waals surface area contributed by atoms with Crippen molar-refractivity contribution in [2.75, 3.05) is 39.5 Å². The van der Waals surface area contributed by atoms with Crippen LogP contribution < -0.4 is 43.2 Å². The number of imide groups is 1. The molecule has 1 unspecified atom stereocenters. The molecule has 2 aromatic heterocycles. The highest BCUT2D eigenvalue weighted by Gasteiger charge is 2.38. The van der Waals surface area contributed by atoms with Gasteiger partial charge in [-0.15, -0.1) is 0 Å². The maximum Gasteiger partial charge on any atom is 0.340 e. The number of aromatic nitrogens is 2. The smallest absolute Gasteiger partial charge is 0.340 e. The summed E-state index contributed by atoms with van der Waals surface area (Å²) in [4.78, 5) is 133. The number of aryl methyl sites for hydroxylation is 1. The molecular formula is C50H55FN10O13. The van der Waals surface area contributed by atoms with E-state index < -0.39 is 116 Å². The average molecular weight is 1020 g/mol. The molecule has 0 bridgehead atoms. The summed E-state index contributed by atoms with van der Waals surface area (Å²) in [5.41, 5.74) is 9.46. The van der Waals surface area contributed by atoms with Crippen LogP contribution in [0.2, 0.25) is 0 Å². The molecule has 1 saturated heterocycles. The lowest BCUT2D eigenvalue weighted by Crippen LogP contribution is -2.52. The van der Waals surface area contributed by atoms with Crippen LogP contribution in [0.5, 0.6) is 0 Å². The van der Waals surface area contributed by atoms with Crippen LogP contribution in [0, 0.1) is 12.7 Å². The van der Waals surface area contributed by atoms with Gasteiger partial charge in [0.15, 0.2) is 6.10 Å². The molecule has 23 nitrogen and oxygen atoms in total. The lowest BCUT2D eigenvalue weighted by atomic mass is 9.81. The van der Waals surface area contributed by atoms with Gasteiger partial charge in [-0.1, -0.05) is 36.8 Å². The van der Waals surface area contributed by atoms with Crippen molar-refractivity contribution in [3.8, 4) is 11.4 Å². The summed E-state index contributed by atoms with van der Waals surface area (Å²) in [6.07, 6.45) is 0.709. The molecule has 0 saturated carbocycles. The van der Waals surface area contributed by atoms with Crippen LogP contribution >= 0.6 is 0 Å². The molecule has 390 valence electrons. The number of unbranched alkanes of at least 4 members (excludes halogenated alkanes) is 2. The molecule has 1 aliphatic carbocycles. The number of nitrogens with zero attached hydrogens (tertiary/aromatic N) is 3. The van der Waals surface area contributed by atoms with Gasteiger partial charge in [-0.2, -0.15) is 0 Å². The lowest BCUT2D eigenvalue weighted by molar-refractivity contribution is -0.157. The number of esters is 1. The van der Waals surface area contributed by atoms with Crippen LogP contribution in [0.1, 0.15) is 89.6 Å². The van der Waals surface area contributed by atoms with Crippen molar-refractivity contribution in [3.05, 3.63) is 97.6 Å². The minimum Gasteiger partial charge on any atom is -0.458 e. The zero-order chi connectivity index (χ0) is 52.8. The van der Waals surface area contributed by atoms with Gasteiger partial charge >= 0.3 is 5.97 Å². The SMILES string of the molecule is Cc1c(F)cc2nc3c(c4c2c1CC[C@@H]4NC(=O)COCNC(=O)CNC(=O)[C@H](Cc1ccccc1)NC(=O)CNC(=O)CNC(=O)CCCCCN1C(=O)CC(N)C1=O)Cn1c-3cc2c(c1=O)COC(=O)[C@H]2O.